The number of hydrogen-bond acceptors (Lipinski definition) is 4. The van der Waals surface area contributed by atoms with E-state index in [2.05, 4.69) is 12.6 Å². The molecule has 1 rings (SSSR count). The van der Waals surface area contributed by atoms with Crippen molar-refractivity contribution < 1.29 is 46.3 Å². The summed E-state index contributed by atoms with van der Waals surface area (Å²) in [6, 6.07) is 3.08. The van der Waals surface area contributed by atoms with E-state index < -0.39 is 25.3 Å². The summed E-state index contributed by atoms with van der Waals surface area (Å²) in [4.78, 5) is 28.9. The Morgan fingerprint density at radius 2 is 2.05 bits per heavy atom. The molecule has 0 fully saturated rings. The standard InChI is InChI=1S/C10H14NO6PS.ClH/c12-9(13)10(14,18(15,16)17)6-8-2-1-3-11(7-8)4-5-19;/h1-3,7,14H,4-6H2,(H3-,12,13,15,16,17,19);1H. The Labute approximate surface area is 127 Å². The molecule has 1 aromatic heterocycles. The van der Waals surface area contributed by atoms with Gasteiger partial charge >= 0.3 is 13.6 Å². The average molecular weight is 344 g/mol. The van der Waals surface area contributed by atoms with E-state index in [0.717, 1.165) is 0 Å². The summed E-state index contributed by atoms with van der Waals surface area (Å²) < 4.78 is 12.8. The molecule has 1 atom stereocenters. The van der Waals surface area contributed by atoms with Crippen LogP contribution in [0.25, 0.3) is 0 Å². The van der Waals surface area contributed by atoms with Crippen molar-refractivity contribution in [2.75, 3.05) is 5.75 Å². The van der Waals surface area contributed by atoms with E-state index in [1.54, 1.807) is 16.8 Å². The first kappa shape index (κ1) is 19.4. The molecule has 1 aromatic rings. The maximum atomic E-state index is 11.2. The van der Waals surface area contributed by atoms with Gasteiger partial charge in [0, 0.05) is 23.8 Å². The van der Waals surface area contributed by atoms with E-state index in [9.17, 15) is 14.5 Å². The van der Waals surface area contributed by atoms with Crippen LogP contribution in [0.15, 0.2) is 24.5 Å². The summed E-state index contributed by atoms with van der Waals surface area (Å²) in [5.41, 5.74) is 0.303. The number of carboxylic acids is 1. The SMILES string of the molecule is O=C(O)C(O)(Cc1ccc[n+](CCS)c1)P(=O)(O)O.[Cl-]. The quantitative estimate of drug-likeness (QED) is 0.207. The van der Waals surface area contributed by atoms with E-state index in [1.807, 2.05) is 0 Å². The van der Waals surface area contributed by atoms with Gasteiger partial charge in [0.1, 0.15) is 0 Å². The Morgan fingerprint density at radius 1 is 1.45 bits per heavy atom. The van der Waals surface area contributed by atoms with E-state index in [4.69, 9.17) is 14.9 Å². The predicted molar refractivity (Wildman–Crippen MR) is 68.8 cm³/mol. The van der Waals surface area contributed by atoms with Crippen LogP contribution in [0.1, 0.15) is 5.56 Å². The molecule has 10 heteroatoms. The molecule has 1 heterocycles. The molecule has 4 N–H and O–H groups in total. The maximum Gasteiger partial charge on any atom is 0.368 e. The topological polar surface area (TPSA) is 119 Å². The van der Waals surface area contributed by atoms with Gasteiger partial charge in [-0.05, 0) is 6.07 Å². The molecule has 0 spiro atoms. The monoisotopic (exact) mass is 343 g/mol. The molecule has 0 radical (unpaired) electrons. The summed E-state index contributed by atoms with van der Waals surface area (Å²) in [7, 11) is -5.21. The van der Waals surface area contributed by atoms with Crippen LogP contribution < -0.4 is 17.0 Å². The number of thiol groups is 1. The van der Waals surface area contributed by atoms with Crippen molar-refractivity contribution in [1.82, 2.24) is 0 Å². The van der Waals surface area contributed by atoms with Gasteiger partial charge < -0.3 is 32.4 Å². The zero-order valence-corrected chi connectivity index (χ0v) is 12.8. The van der Waals surface area contributed by atoms with E-state index in [-0.39, 0.29) is 12.4 Å². The summed E-state index contributed by atoms with van der Waals surface area (Å²) in [5.74, 6) is -1.40. The molecule has 1 unspecified atom stereocenters. The van der Waals surface area contributed by atoms with Crippen molar-refractivity contribution in [1.29, 1.82) is 0 Å². The van der Waals surface area contributed by atoms with Crippen molar-refractivity contribution in [3.8, 4) is 0 Å². The second-order valence-corrected chi connectivity index (χ2v) is 6.29. The largest absolute Gasteiger partial charge is 1.00 e. The molecule has 0 saturated heterocycles. The highest BCUT2D eigenvalue weighted by Crippen LogP contribution is 2.50. The highest BCUT2D eigenvalue weighted by atomic mass is 35.5. The van der Waals surface area contributed by atoms with Crippen LogP contribution in [0, 0.1) is 0 Å². The van der Waals surface area contributed by atoms with Gasteiger partial charge in [0.25, 0.3) is 5.34 Å². The lowest BCUT2D eigenvalue weighted by Gasteiger charge is -2.23. The third-order valence-electron chi connectivity index (χ3n) is 2.55. The van der Waals surface area contributed by atoms with E-state index >= 15 is 0 Å². The smallest absolute Gasteiger partial charge is 0.368 e. The highest BCUT2D eigenvalue weighted by molar-refractivity contribution is 7.80. The molecule has 0 aromatic carbocycles. The first-order valence-electron chi connectivity index (χ1n) is 5.31. The number of carbonyl (C=O) groups is 1. The molecule has 0 saturated carbocycles. The zero-order chi connectivity index (χ0) is 14.7. The molecular weight excluding hydrogens is 329 g/mol. The van der Waals surface area contributed by atoms with Gasteiger partial charge in [-0.1, -0.05) is 0 Å². The number of aliphatic hydroxyl groups is 1. The molecule has 0 aliphatic rings. The third kappa shape index (κ3) is 4.44. The molecule has 0 aliphatic carbocycles. The predicted octanol–water partition coefficient (Wildman–Crippen LogP) is -3.60. The third-order valence-corrected chi connectivity index (χ3v) is 4.07. The van der Waals surface area contributed by atoms with Crippen molar-refractivity contribution in [2.24, 2.45) is 0 Å². The molecule has 0 amide bonds. The number of aliphatic carboxylic acids is 1. The summed E-state index contributed by atoms with van der Waals surface area (Å²) >= 11 is 4.04. The van der Waals surface area contributed by atoms with Crippen LogP contribution in [-0.2, 0) is 22.3 Å². The normalized spacial score (nSPS) is 14.2. The van der Waals surface area contributed by atoms with Gasteiger partial charge in [-0.2, -0.15) is 12.6 Å². The number of aromatic nitrogens is 1. The molecule has 7 nitrogen and oxygen atoms in total. The first-order valence-corrected chi connectivity index (χ1v) is 7.55. The number of rotatable bonds is 6. The second kappa shape index (κ2) is 7.40. The van der Waals surface area contributed by atoms with Gasteiger partial charge in [-0.3, -0.25) is 4.57 Å². The summed E-state index contributed by atoms with van der Waals surface area (Å²) in [6.07, 6.45) is 2.54. The Balaban J connectivity index is 0.00000361. The van der Waals surface area contributed by atoms with Gasteiger partial charge in [-0.15, -0.1) is 0 Å². The summed E-state index contributed by atoms with van der Waals surface area (Å²) in [6.45, 7) is 0.554. The number of nitrogens with zero attached hydrogens (tertiary/aromatic N) is 1. The van der Waals surface area contributed by atoms with E-state index in [0.29, 0.717) is 17.9 Å². The van der Waals surface area contributed by atoms with Crippen LogP contribution >= 0.6 is 20.2 Å². The molecule has 0 aliphatic heterocycles. The van der Waals surface area contributed by atoms with Crippen molar-refractivity contribution in [2.45, 2.75) is 18.3 Å². The average Bonchev–Trinajstić information content (AvgIpc) is 2.28. The number of hydrogen-bond donors (Lipinski definition) is 5. The minimum absolute atomic E-state index is 0. The van der Waals surface area contributed by atoms with Gasteiger partial charge in [-0.25, -0.2) is 9.36 Å². The summed E-state index contributed by atoms with van der Waals surface area (Å²) in [5, 5.41) is 15.4. The lowest BCUT2D eigenvalue weighted by atomic mass is 10.1. The number of pyridine rings is 1. The van der Waals surface area contributed by atoms with Crippen LogP contribution in [0.5, 0.6) is 0 Å². The Hall–Kier alpha value is -0.630. The fraction of sp³-hybridized carbons (Fsp3) is 0.400. The second-order valence-electron chi connectivity index (χ2n) is 4.02. The van der Waals surface area contributed by atoms with Gasteiger partial charge in [0.2, 0.25) is 0 Å². The van der Waals surface area contributed by atoms with Gasteiger partial charge in [0.15, 0.2) is 18.9 Å². The van der Waals surface area contributed by atoms with Crippen LogP contribution in [0.3, 0.4) is 0 Å². The minimum atomic E-state index is -5.21. The number of aryl methyl sites for hydroxylation is 1. The molecule has 0 bridgehead atoms. The Kier molecular flexibility index (Phi) is 7.17. The van der Waals surface area contributed by atoms with Crippen LogP contribution in [0.2, 0.25) is 0 Å². The van der Waals surface area contributed by atoms with Crippen LogP contribution in [0.4, 0.5) is 0 Å². The fourth-order valence-electron chi connectivity index (χ4n) is 1.52. The maximum absolute atomic E-state index is 11.2. The molecule has 114 valence electrons. The van der Waals surface area contributed by atoms with Crippen molar-refractivity contribution >= 4 is 26.2 Å². The van der Waals surface area contributed by atoms with Crippen molar-refractivity contribution in [3.63, 3.8) is 0 Å². The number of halogens is 1. The lowest BCUT2D eigenvalue weighted by Crippen LogP contribution is -3.00. The lowest BCUT2D eigenvalue weighted by molar-refractivity contribution is -0.692. The van der Waals surface area contributed by atoms with Crippen molar-refractivity contribution in [3.05, 3.63) is 30.1 Å². The number of carboxylic acid groups (broad SMARTS) is 1. The highest BCUT2D eigenvalue weighted by Gasteiger charge is 2.53. The zero-order valence-electron chi connectivity index (χ0n) is 10.3. The fourth-order valence-corrected chi connectivity index (χ4v) is 2.39. The Morgan fingerprint density at radius 3 is 2.50 bits per heavy atom. The minimum Gasteiger partial charge on any atom is -1.00 e. The Bertz CT molecular complexity index is 524. The van der Waals surface area contributed by atoms with E-state index in [1.165, 1.54) is 12.3 Å². The van der Waals surface area contributed by atoms with Gasteiger partial charge in [0.05, 0.1) is 0 Å². The van der Waals surface area contributed by atoms with Crippen LogP contribution in [-0.4, -0.2) is 37.1 Å². The molecular formula is C10H15ClNO6PS. The molecule has 20 heavy (non-hydrogen) atoms. The first-order chi connectivity index (χ1) is 8.70.